The van der Waals surface area contributed by atoms with Crippen molar-refractivity contribution in [3.05, 3.63) is 108 Å². The molecule has 0 N–H and O–H groups in total. The van der Waals surface area contributed by atoms with E-state index in [2.05, 4.69) is 72.8 Å². The van der Waals surface area contributed by atoms with Crippen molar-refractivity contribution in [3.63, 3.8) is 0 Å². The lowest BCUT2D eigenvalue weighted by Crippen LogP contribution is -2.44. The lowest BCUT2D eigenvalue weighted by Gasteiger charge is -2.37. The molecule has 3 aromatic carbocycles. The van der Waals surface area contributed by atoms with Gasteiger partial charge >= 0.3 is 12.1 Å². The molecule has 4 rings (SSSR count). The Balaban J connectivity index is 1.79. The van der Waals surface area contributed by atoms with Gasteiger partial charge in [0.15, 0.2) is 0 Å². The molecule has 0 bridgehead atoms. The number of ether oxygens (including phenoxy) is 2. The number of carbonyl (C=O) groups excluding carboxylic acids is 2. The largest absolute Gasteiger partial charge is 0.467 e. The number of amides is 1. The van der Waals surface area contributed by atoms with Crippen molar-refractivity contribution >= 4 is 23.8 Å². The average molecular weight is 504 g/mol. The number of nitrogens with zero attached hydrogens (tertiary/aromatic N) is 1. The average Bonchev–Trinajstić information content (AvgIpc) is 3.31. The van der Waals surface area contributed by atoms with Crippen LogP contribution in [0.2, 0.25) is 0 Å². The van der Waals surface area contributed by atoms with Crippen molar-refractivity contribution in [3.8, 4) is 0 Å². The smallest absolute Gasteiger partial charge is 0.411 e. The van der Waals surface area contributed by atoms with Crippen LogP contribution < -0.4 is 0 Å². The molecule has 6 heteroatoms. The van der Waals surface area contributed by atoms with Gasteiger partial charge in [-0.25, -0.2) is 9.59 Å². The Morgan fingerprint density at radius 1 is 0.806 bits per heavy atom. The van der Waals surface area contributed by atoms with Crippen LogP contribution in [0.4, 0.5) is 4.79 Å². The summed E-state index contributed by atoms with van der Waals surface area (Å²) in [5.74, 6) is -0.423. The highest BCUT2D eigenvalue weighted by Gasteiger charge is 2.47. The van der Waals surface area contributed by atoms with E-state index in [4.69, 9.17) is 9.47 Å². The molecule has 0 aromatic heterocycles. The number of benzene rings is 3. The normalized spacial score (nSPS) is 18.1. The number of hydrogen-bond acceptors (Lipinski definition) is 5. The van der Waals surface area contributed by atoms with E-state index in [1.807, 2.05) is 39.0 Å². The Bertz CT molecular complexity index is 1070. The fraction of sp³-hybridized carbons (Fsp3) is 0.333. The molecule has 36 heavy (non-hydrogen) atoms. The topological polar surface area (TPSA) is 55.8 Å². The Kier molecular flexibility index (Phi) is 7.74. The summed E-state index contributed by atoms with van der Waals surface area (Å²) >= 11 is 1.77. The lowest BCUT2D eigenvalue weighted by atomic mass is 9.84. The molecule has 1 amide bonds. The van der Waals surface area contributed by atoms with Crippen molar-refractivity contribution < 1.29 is 19.1 Å². The summed E-state index contributed by atoms with van der Waals surface area (Å²) < 4.78 is 10.2. The minimum absolute atomic E-state index is 0.0396. The molecular weight excluding hydrogens is 470 g/mol. The first kappa shape index (κ1) is 25.8. The number of esters is 1. The first-order chi connectivity index (χ1) is 17.2. The number of rotatable bonds is 6. The Hall–Kier alpha value is -3.25. The van der Waals surface area contributed by atoms with E-state index in [0.29, 0.717) is 13.0 Å². The van der Waals surface area contributed by atoms with Crippen molar-refractivity contribution in [2.24, 2.45) is 0 Å². The third-order valence-electron chi connectivity index (χ3n) is 6.25. The molecule has 0 spiro atoms. The second kappa shape index (κ2) is 10.8. The maximum absolute atomic E-state index is 13.1. The third kappa shape index (κ3) is 5.44. The van der Waals surface area contributed by atoms with Crippen LogP contribution in [0.3, 0.4) is 0 Å². The van der Waals surface area contributed by atoms with Gasteiger partial charge in [-0.2, -0.15) is 0 Å². The van der Waals surface area contributed by atoms with Crippen LogP contribution in [0.5, 0.6) is 0 Å². The highest BCUT2D eigenvalue weighted by Crippen LogP contribution is 2.52. The lowest BCUT2D eigenvalue weighted by molar-refractivity contribution is -0.145. The maximum Gasteiger partial charge on any atom is 0.411 e. The van der Waals surface area contributed by atoms with Crippen molar-refractivity contribution in [2.45, 2.75) is 48.8 Å². The van der Waals surface area contributed by atoms with E-state index >= 15 is 0 Å². The molecule has 188 valence electrons. The molecule has 3 aromatic rings. The van der Waals surface area contributed by atoms with Gasteiger partial charge in [-0.15, -0.1) is 11.8 Å². The Morgan fingerprint density at radius 2 is 1.25 bits per heavy atom. The van der Waals surface area contributed by atoms with Crippen LogP contribution in [0.15, 0.2) is 91.0 Å². The van der Waals surface area contributed by atoms with Gasteiger partial charge in [-0.3, -0.25) is 4.90 Å². The SMILES string of the molecule is COC(=O)C1CC(SC(c2ccccc2)(c2ccccc2)c2ccccc2)CN1C(=O)OC(C)(C)C. The summed E-state index contributed by atoms with van der Waals surface area (Å²) in [6.07, 6.45) is -0.0177. The second-order valence-corrected chi connectivity index (χ2v) is 11.4. The van der Waals surface area contributed by atoms with Crippen molar-refractivity contribution in [1.82, 2.24) is 4.90 Å². The van der Waals surface area contributed by atoms with Gasteiger partial charge in [0.1, 0.15) is 11.6 Å². The summed E-state index contributed by atoms with van der Waals surface area (Å²) in [6, 6.07) is 30.5. The maximum atomic E-state index is 13.1. The van der Waals surface area contributed by atoms with Gasteiger partial charge in [0, 0.05) is 11.8 Å². The summed E-state index contributed by atoms with van der Waals surface area (Å²) in [5, 5.41) is -0.0396. The Labute approximate surface area is 217 Å². The zero-order chi connectivity index (χ0) is 25.8. The highest BCUT2D eigenvalue weighted by molar-refractivity contribution is 8.01. The fourth-order valence-electron chi connectivity index (χ4n) is 4.74. The third-order valence-corrected chi connectivity index (χ3v) is 7.98. The van der Waals surface area contributed by atoms with Gasteiger partial charge in [0.25, 0.3) is 0 Å². The molecule has 1 aliphatic heterocycles. The second-order valence-electron chi connectivity index (χ2n) is 9.93. The standard InChI is InChI=1S/C30H33NO4S/c1-29(2,3)35-28(33)31-21-25(20-26(31)27(32)34-4)36-30(22-14-8-5-9-15-22,23-16-10-6-11-17-23)24-18-12-7-13-19-24/h5-19,25-26H,20-21H2,1-4H3. The monoisotopic (exact) mass is 503 g/mol. The molecule has 1 heterocycles. The highest BCUT2D eigenvalue weighted by atomic mass is 32.2. The van der Waals surface area contributed by atoms with Gasteiger partial charge in [-0.05, 0) is 43.9 Å². The van der Waals surface area contributed by atoms with Gasteiger partial charge in [-0.1, -0.05) is 91.0 Å². The first-order valence-electron chi connectivity index (χ1n) is 12.2. The van der Waals surface area contributed by atoms with Crippen LogP contribution in [-0.4, -0.2) is 47.5 Å². The minimum atomic E-state index is -0.692. The van der Waals surface area contributed by atoms with Crippen LogP contribution in [0, 0.1) is 0 Å². The van der Waals surface area contributed by atoms with E-state index in [9.17, 15) is 9.59 Å². The van der Waals surface area contributed by atoms with Gasteiger partial charge < -0.3 is 9.47 Å². The zero-order valence-electron chi connectivity index (χ0n) is 21.2. The molecule has 0 aliphatic carbocycles. The summed E-state index contributed by atoms with van der Waals surface area (Å²) in [7, 11) is 1.36. The van der Waals surface area contributed by atoms with Gasteiger partial charge in [0.2, 0.25) is 0 Å². The summed E-state index contributed by atoms with van der Waals surface area (Å²) in [6.45, 7) is 5.86. The van der Waals surface area contributed by atoms with Crippen molar-refractivity contribution in [1.29, 1.82) is 0 Å². The quantitative estimate of drug-likeness (QED) is 0.293. The summed E-state index contributed by atoms with van der Waals surface area (Å²) in [5.41, 5.74) is 2.75. The molecule has 2 atom stereocenters. The molecule has 1 aliphatic rings. The first-order valence-corrected chi connectivity index (χ1v) is 13.0. The molecule has 2 unspecified atom stereocenters. The molecule has 5 nitrogen and oxygen atoms in total. The minimum Gasteiger partial charge on any atom is -0.467 e. The zero-order valence-corrected chi connectivity index (χ0v) is 22.0. The van der Waals surface area contributed by atoms with E-state index < -0.39 is 28.5 Å². The van der Waals surface area contributed by atoms with E-state index in [1.54, 1.807) is 11.8 Å². The molecule has 0 saturated carbocycles. The number of likely N-dealkylation sites (tertiary alicyclic amines) is 1. The van der Waals surface area contributed by atoms with Gasteiger partial charge in [0.05, 0.1) is 11.9 Å². The molecular formula is C30H33NO4S. The van der Waals surface area contributed by atoms with Crippen LogP contribution in [0.25, 0.3) is 0 Å². The fourth-order valence-corrected chi connectivity index (χ4v) is 6.57. The molecule has 0 radical (unpaired) electrons. The predicted octanol–water partition coefficient (Wildman–Crippen LogP) is 6.26. The predicted molar refractivity (Wildman–Crippen MR) is 144 cm³/mol. The van der Waals surface area contributed by atoms with E-state index in [0.717, 1.165) is 16.7 Å². The van der Waals surface area contributed by atoms with Crippen LogP contribution in [0.1, 0.15) is 43.9 Å². The Morgan fingerprint density at radius 3 is 1.64 bits per heavy atom. The number of hydrogen-bond donors (Lipinski definition) is 0. The molecule has 1 saturated heterocycles. The van der Waals surface area contributed by atoms with Crippen LogP contribution in [-0.2, 0) is 19.0 Å². The van der Waals surface area contributed by atoms with E-state index in [1.165, 1.54) is 12.0 Å². The van der Waals surface area contributed by atoms with Crippen LogP contribution >= 0.6 is 11.8 Å². The summed E-state index contributed by atoms with van der Waals surface area (Å²) in [4.78, 5) is 27.4. The van der Waals surface area contributed by atoms with E-state index in [-0.39, 0.29) is 5.25 Å². The number of carbonyl (C=O) groups is 2. The number of methoxy groups -OCH3 is 1. The number of thioether (sulfide) groups is 1. The van der Waals surface area contributed by atoms with Crippen molar-refractivity contribution in [2.75, 3.05) is 13.7 Å². The molecule has 1 fully saturated rings.